The third-order valence-electron chi connectivity index (χ3n) is 5.97. The van der Waals surface area contributed by atoms with Crippen molar-refractivity contribution in [2.75, 3.05) is 31.9 Å². The number of nitrogens with zero attached hydrogens (tertiary/aromatic N) is 5. The Bertz CT molecular complexity index is 1210. The summed E-state index contributed by atoms with van der Waals surface area (Å²) < 4.78 is 2.06. The van der Waals surface area contributed by atoms with Crippen LogP contribution in [-0.4, -0.2) is 62.4 Å². The van der Waals surface area contributed by atoms with Gasteiger partial charge >= 0.3 is 0 Å². The summed E-state index contributed by atoms with van der Waals surface area (Å²) in [6, 6.07) is 22.9. The molecule has 0 spiro atoms. The van der Waals surface area contributed by atoms with Gasteiger partial charge in [0, 0.05) is 38.4 Å². The number of piperazine rings is 1. The molecule has 1 fully saturated rings. The molecule has 0 aliphatic carbocycles. The van der Waals surface area contributed by atoms with Crippen LogP contribution in [0.15, 0.2) is 77.3 Å². The predicted octanol–water partition coefficient (Wildman–Crippen LogP) is 4.74. The largest absolute Gasteiger partial charge is 0.339 e. The molecule has 174 valence electrons. The molecule has 0 N–H and O–H groups in total. The Labute approximate surface area is 208 Å². The summed E-state index contributed by atoms with van der Waals surface area (Å²) in [4.78, 5) is 18.4. The Hall–Kier alpha value is -2.94. The molecule has 34 heavy (non-hydrogen) atoms. The normalized spacial score (nSPS) is 14.4. The van der Waals surface area contributed by atoms with Crippen LogP contribution in [0.4, 0.5) is 0 Å². The Morgan fingerprint density at radius 1 is 0.941 bits per heavy atom. The van der Waals surface area contributed by atoms with Crippen LogP contribution in [0, 0.1) is 6.92 Å². The van der Waals surface area contributed by atoms with Crippen LogP contribution in [0.1, 0.15) is 11.1 Å². The lowest BCUT2D eigenvalue weighted by Crippen LogP contribution is -2.48. The van der Waals surface area contributed by atoms with E-state index < -0.39 is 0 Å². The van der Waals surface area contributed by atoms with E-state index in [9.17, 15) is 4.79 Å². The molecule has 1 aliphatic rings. The van der Waals surface area contributed by atoms with Gasteiger partial charge in [-0.1, -0.05) is 65.9 Å². The van der Waals surface area contributed by atoms with Crippen LogP contribution in [0.25, 0.3) is 16.4 Å². The average Bonchev–Trinajstić information content (AvgIpc) is 3.54. The summed E-state index contributed by atoms with van der Waals surface area (Å²) >= 11 is 3.10. The molecule has 0 atom stereocenters. The zero-order chi connectivity index (χ0) is 23.3. The van der Waals surface area contributed by atoms with E-state index in [4.69, 9.17) is 0 Å². The van der Waals surface area contributed by atoms with Gasteiger partial charge in [-0.3, -0.25) is 14.3 Å². The molecule has 1 saturated heterocycles. The molecule has 0 saturated carbocycles. The Balaban J connectivity index is 1.24. The van der Waals surface area contributed by atoms with E-state index in [1.54, 1.807) is 11.3 Å². The molecule has 0 radical (unpaired) electrons. The summed E-state index contributed by atoms with van der Waals surface area (Å²) in [6.45, 7) is 6.32. The number of hydrogen-bond donors (Lipinski definition) is 0. The van der Waals surface area contributed by atoms with E-state index in [1.165, 1.54) is 22.9 Å². The van der Waals surface area contributed by atoms with E-state index in [0.717, 1.165) is 54.3 Å². The molecule has 8 heteroatoms. The maximum Gasteiger partial charge on any atom is 0.233 e. The van der Waals surface area contributed by atoms with Crippen LogP contribution in [0.5, 0.6) is 0 Å². The van der Waals surface area contributed by atoms with Crippen LogP contribution < -0.4 is 0 Å². The summed E-state index contributed by atoms with van der Waals surface area (Å²) in [6.07, 6.45) is 0. The summed E-state index contributed by atoms with van der Waals surface area (Å²) in [5.41, 5.74) is 3.52. The number of amides is 1. The average molecular weight is 490 g/mol. The highest BCUT2D eigenvalue weighted by molar-refractivity contribution is 7.99. The first-order valence-electron chi connectivity index (χ1n) is 11.4. The highest BCUT2D eigenvalue weighted by Gasteiger charge is 2.23. The van der Waals surface area contributed by atoms with Gasteiger partial charge in [-0.2, -0.15) is 0 Å². The SMILES string of the molecule is Cc1ccc(-n2c(SCC(=O)N3CCN(Cc4ccccc4)CC3)nnc2-c2cccs2)cc1. The fraction of sp³-hybridized carbons (Fsp3) is 0.269. The molecule has 5 rings (SSSR count). The van der Waals surface area contributed by atoms with Gasteiger partial charge in [0.25, 0.3) is 0 Å². The summed E-state index contributed by atoms with van der Waals surface area (Å²) in [5, 5.41) is 11.7. The number of aromatic nitrogens is 3. The van der Waals surface area contributed by atoms with Gasteiger partial charge in [0.1, 0.15) is 0 Å². The number of aryl methyl sites for hydroxylation is 1. The number of benzene rings is 2. The molecule has 2 aromatic carbocycles. The molecule has 3 heterocycles. The second-order valence-corrected chi connectivity index (χ2v) is 10.3. The molecular weight excluding hydrogens is 462 g/mol. The van der Waals surface area contributed by atoms with Crippen molar-refractivity contribution in [3.63, 3.8) is 0 Å². The molecular formula is C26H27N5OS2. The lowest BCUT2D eigenvalue weighted by Gasteiger charge is -2.34. The zero-order valence-electron chi connectivity index (χ0n) is 19.1. The van der Waals surface area contributed by atoms with E-state index in [-0.39, 0.29) is 5.91 Å². The van der Waals surface area contributed by atoms with E-state index in [1.807, 2.05) is 28.5 Å². The van der Waals surface area contributed by atoms with Crippen molar-refractivity contribution in [3.8, 4) is 16.4 Å². The summed E-state index contributed by atoms with van der Waals surface area (Å²) in [7, 11) is 0. The number of carbonyl (C=O) groups is 1. The molecule has 6 nitrogen and oxygen atoms in total. The maximum absolute atomic E-state index is 13.0. The topological polar surface area (TPSA) is 54.3 Å². The van der Waals surface area contributed by atoms with Crippen molar-refractivity contribution >= 4 is 29.0 Å². The van der Waals surface area contributed by atoms with Gasteiger partial charge in [-0.25, -0.2) is 0 Å². The summed E-state index contributed by atoms with van der Waals surface area (Å²) in [5.74, 6) is 1.32. The molecule has 2 aromatic heterocycles. The highest BCUT2D eigenvalue weighted by Crippen LogP contribution is 2.30. The third kappa shape index (κ3) is 5.24. The van der Waals surface area contributed by atoms with Crippen molar-refractivity contribution in [1.29, 1.82) is 0 Å². The van der Waals surface area contributed by atoms with E-state index in [0.29, 0.717) is 5.75 Å². The Morgan fingerprint density at radius 2 is 1.71 bits per heavy atom. The van der Waals surface area contributed by atoms with Crippen LogP contribution in [0.2, 0.25) is 0 Å². The molecule has 0 unspecified atom stereocenters. The van der Waals surface area contributed by atoms with Crippen molar-refractivity contribution < 1.29 is 4.79 Å². The van der Waals surface area contributed by atoms with Crippen molar-refractivity contribution in [1.82, 2.24) is 24.6 Å². The van der Waals surface area contributed by atoms with Crippen LogP contribution in [-0.2, 0) is 11.3 Å². The van der Waals surface area contributed by atoms with Crippen molar-refractivity contribution in [2.24, 2.45) is 0 Å². The first-order chi connectivity index (χ1) is 16.7. The Kier molecular flexibility index (Phi) is 7.08. The van der Waals surface area contributed by atoms with Crippen LogP contribution >= 0.6 is 23.1 Å². The highest BCUT2D eigenvalue weighted by atomic mass is 32.2. The lowest BCUT2D eigenvalue weighted by atomic mass is 10.2. The second kappa shape index (κ2) is 10.5. The van der Waals surface area contributed by atoms with Gasteiger partial charge in [0.15, 0.2) is 11.0 Å². The van der Waals surface area contributed by atoms with Gasteiger partial charge in [-0.05, 0) is 36.1 Å². The third-order valence-corrected chi connectivity index (χ3v) is 7.75. The first kappa shape index (κ1) is 22.8. The molecule has 4 aromatic rings. The van der Waals surface area contributed by atoms with Gasteiger partial charge in [0.2, 0.25) is 5.91 Å². The standard InChI is InChI=1S/C26H27N5OS2/c1-20-9-11-22(12-10-20)31-25(23-8-5-17-33-23)27-28-26(31)34-19-24(32)30-15-13-29(14-16-30)18-21-6-3-2-4-7-21/h2-12,17H,13-16,18-19H2,1H3. The minimum absolute atomic E-state index is 0.153. The quantitative estimate of drug-likeness (QED) is 0.351. The maximum atomic E-state index is 13.0. The van der Waals surface area contributed by atoms with Gasteiger partial charge in [-0.15, -0.1) is 21.5 Å². The fourth-order valence-corrected chi connectivity index (χ4v) is 5.62. The zero-order valence-corrected chi connectivity index (χ0v) is 20.8. The Morgan fingerprint density at radius 3 is 2.41 bits per heavy atom. The van der Waals surface area contributed by atoms with Gasteiger partial charge in [0.05, 0.1) is 10.6 Å². The van der Waals surface area contributed by atoms with Crippen molar-refractivity contribution in [3.05, 3.63) is 83.2 Å². The smallest absolute Gasteiger partial charge is 0.233 e. The second-order valence-electron chi connectivity index (χ2n) is 8.39. The lowest BCUT2D eigenvalue weighted by molar-refractivity contribution is -0.130. The minimum atomic E-state index is 0.153. The predicted molar refractivity (Wildman–Crippen MR) is 138 cm³/mol. The fourth-order valence-electron chi connectivity index (χ4n) is 4.07. The molecule has 1 amide bonds. The number of thioether (sulfide) groups is 1. The molecule has 1 aliphatic heterocycles. The van der Waals surface area contributed by atoms with Gasteiger partial charge < -0.3 is 4.90 Å². The number of thiophene rings is 1. The first-order valence-corrected chi connectivity index (χ1v) is 13.3. The molecule has 0 bridgehead atoms. The van der Waals surface area contributed by atoms with Crippen molar-refractivity contribution in [2.45, 2.75) is 18.6 Å². The minimum Gasteiger partial charge on any atom is -0.339 e. The number of hydrogen-bond acceptors (Lipinski definition) is 6. The number of carbonyl (C=O) groups excluding carboxylic acids is 1. The van der Waals surface area contributed by atoms with E-state index >= 15 is 0 Å². The monoisotopic (exact) mass is 489 g/mol. The number of rotatable bonds is 7. The van der Waals surface area contributed by atoms with E-state index in [2.05, 4.69) is 75.1 Å². The van der Waals surface area contributed by atoms with Crippen LogP contribution in [0.3, 0.4) is 0 Å².